The molecule has 0 aromatic heterocycles. The molecular weight excluding hydrogens is 266 g/mol. The number of hydrogen-bond acceptors (Lipinski definition) is 4. The lowest BCUT2D eigenvalue weighted by Gasteiger charge is -2.24. The quantitative estimate of drug-likeness (QED) is 0.310. The summed E-state index contributed by atoms with van der Waals surface area (Å²) in [6.45, 7) is 3.62. The van der Waals surface area contributed by atoms with Gasteiger partial charge in [0.25, 0.3) is 0 Å². The van der Waals surface area contributed by atoms with Crippen LogP contribution in [0.15, 0.2) is 23.4 Å². The van der Waals surface area contributed by atoms with Crippen molar-refractivity contribution in [2.24, 2.45) is 10.9 Å². The highest BCUT2D eigenvalue weighted by atomic mass is 35.5. The van der Waals surface area contributed by atoms with Crippen molar-refractivity contribution in [1.82, 2.24) is 0 Å². The van der Waals surface area contributed by atoms with Crippen LogP contribution in [0, 0.1) is 0 Å². The van der Waals surface area contributed by atoms with Crippen LogP contribution in [0.1, 0.15) is 25.3 Å². The summed E-state index contributed by atoms with van der Waals surface area (Å²) in [5.41, 5.74) is 6.93. The van der Waals surface area contributed by atoms with Gasteiger partial charge in [-0.2, -0.15) is 0 Å². The zero-order valence-corrected chi connectivity index (χ0v) is 11.8. The Morgan fingerprint density at radius 3 is 2.68 bits per heavy atom. The summed E-state index contributed by atoms with van der Waals surface area (Å²) in [5.74, 6) is -0.0150. The smallest absolute Gasteiger partial charge is 0.171 e. The number of halogens is 1. The van der Waals surface area contributed by atoms with Crippen molar-refractivity contribution in [3.05, 3.63) is 28.8 Å². The molecule has 4 N–H and O–H groups in total. The maximum Gasteiger partial charge on any atom is 0.171 e. The van der Waals surface area contributed by atoms with Crippen LogP contribution in [0.3, 0.4) is 0 Å². The minimum atomic E-state index is -0.0150. The van der Waals surface area contributed by atoms with Gasteiger partial charge in [-0.25, -0.2) is 0 Å². The van der Waals surface area contributed by atoms with E-state index in [1.54, 1.807) is 12.1 Å². The second-order valence-corrected chi connectivity index (χ2v) is 4.62. The van der Waals surface area contributed by atoms with E-state index in [9.17, 15) is 0 Å². The first-order valence-electron chi connectivity index (χ1n) is 6.27. The highest BCUT2D eigenvalue weighted by Gasteiger charge is 2.10. The van der Waals surface area contributed by atoms with Crippen LogP contribution in [-0.4, -0.2) is 35.8 Å². The van der Waals surface area contributed by atoms with Crippen molar-refractivity contribution in [1.29, 1.82) is 0 Å². The van der Waals surface area contributed by atoms with Crippen LogP contribution in [0.2, 0.25) is 5.02 Å². The molecule has 0 saturated carbocycles. The molecule has 1 aromatic rings. The van der Waals surface area contributed by atoms with E-state index < -0.39 is 0 Å². The first-order valence-corrected chi connectivity index (χ1v) is 6.65. The van der Waals surface area contributed by atoms with Gasteiger partial charge < -0.3 is 20.9 Å². The fraction of sp³-hybridized carbons (Fsp3) is 0.462. The Labute approximate surface area is 118 Å². The molecule has 19 heavy (non-hydrogen) atoms. The third-order valence-corrected chi connectivity index (χ3v) is 3.17. The molecule has 0 amide bonds. The van der Waals surface area contributed by atoms with Crippen LogP contribution in [0.25, 0.3) is 0 Å². The van der Waals surface area contributed by atoms with E-state index in [1.165, 1.54) is 0 Å². The fourth-order valence-electron chi connectivity index (χ4n) is 1.80. The molecule has 0 spiro atoms. The van der Waals surface area contributed by atoms with Crippen LogP contribution in [0.4, 0.5) is 5.69 Å². The van der Waals surface area contributed by atoms with Gasteiger partial charge in [-0.3, -0.25) is 0 Å². The van der Waals surface area contributed by atoms with Gasteiger partial charge in [-0.05, 0) is 24.6 Å². The predicted octanol–water partition coefficient (Wildman–Crippen LogP) is 2.03. The number of unbranched alkanes of at least 4 members (excludes halogenated alkanes) is 1. The Morgan fingerprint density at radius 1 is 1.42 bits per heavy atom. The third kappa shape index (κ3) is 4.29. The number of benzene rings is 1. The predicted molar refractivity (Wildman–Crippen MR) is 78.2 cm³/mol. The molecule has 0 bridgehead atoms. The molecule has 1 rings (SSSR count). The molecule has 0 atom stereocenters. The Morgan fingerprint density at radius 2 is 2.16 bits per heavy atom. The number of hydrogen-bond donors (Lipinski definition) is 3. The molecule has 0 aliphatic rings. The summed E-state index contributed by atoms with van der Waals surface area (Å²) in [6.07, 6.45) is 2.12. The summed E-state index contributed by atoms with van der Waals surface area (Å²) in [7, 11) is 0. The van der Waals surface area contributed by atoms with Crippen molar-refractivity contribution in [2.45, 2.75) is 19.8 Å². The van der Waals surface area contributed by atoms with E-state index in [1.807, 2.05) is 6.07 Å². The molecule has 106 valence electrons. The Kier molecular flexibility index (Phi) is 6.45. The number of amidine groups is 1. The normalized spacial score (nSPS) is 11.6. The van der Waals surface area contributed by atoms with Gasteiger partial charge in [0.15, 0.2) is 5.84 Å². The van der Waals surface area contributed by atoms with Gasteiger partial charge in [0.2, 0.25) is 0 Å². The van der Waals surface area contributed by atoms with Gasteiger partial charge in [-0.1, -0.05) is 30.1 Å². The minimum Gasteiger partial charge on any atom is -0.409 e. The lowest BCUT2D eigenvalue weighted by molar-refractivity contribution is 0.301. The number of nitrogens with two attached hydrogens (primary N) is 1. The second kappa shape index (κ2) is 7.86. The van der Waals surface area contributed by atoms with E-state index in [0.717, 1.165) is 25.1 Å². The zero-order chi connectivity index (χ0) is 14.3. The SMILES string of the molecule is CCCCN(CCO)c1ccc(C(N)=NO)c(Cl)c1. The Hall–Kier alpha value is -1.46. The van der Waals surface area contributed by atoms with Gasteiger partial charge >= 0.3 is 0 Å². The largest absolute Gasteiger partial charge is 0.409 e. The zero-order valence-electron chi connectivity index (χ0n) is 11.0. The monoisotopic (exact) mass is 285 g/mol. The molecule has 0 unspecified atom stereocenters. The van der Waals surface area contributed by atoms with Crippen molar-refractivity contribution in [3.8, 4) is 0 Å². The van der Waals surface area contributed by atoms with Crippen LogP contribution < -0.4 is 10.6 Å². The number of oxime groups is 1. The lowest BCUT2D eigenvalue weighted by atomic mass is 10.1. The third-order valence-electron chi connectivity index (χ3n) is 2.85. The summed E-state index contributed by atoms with van der Waals surface area (Å²) in [4.78, 5) is 2.06. The fourth-order valence-corrected chi connectivity index (χ4v) is 2.07. The second-order valence-electron chi connectivity index (χ2n) is 4.21. The van der Waals surface area contributed by atoms with E-state index in [-0.39, 0.29) is 12.4 Å². The number of anilines is 1. The average molecular weight is 286 g/mol. The standard InChI is InChI=1S/C13H20ClN3O2/c1-2-3-6-17(7-8-18)10-4-5-11(12(14)9-10)13(15)16-19/h4-5,9,18-19H,2-3,6-8H2,1H3,(H2,15,16). The van der Waals surface area contributed by atoms with Crippen LogP contribution in [0.5, 0.6) is 0 Å². The highest BCUT2D eigenvalue weighted by molar-refractivity contribution is 6.34. The van der Waals surface area contributed by atoms with Crippen molar-refractivity contribution in [2.75, 3.05) is 24.6 Å². The lowest BCUT2D eigenvalue weighted by Crippen LogP contribution is -2.27. The summed E-state index contributed by atoms with van der Waals surface area (Å²) < 4.78 is 0. The first kappa shape index (κ1) is 15.6. The molecule has 0 aliphatic heterocycles. The minimum absolute atomic E-state index is 0.0150. The Balaban J connectivity index is 2.95. The molecule has 0 heterocycles. The highest BCUT2D eigenvalue weighted by Crippen LogP contribution is 2.24. The van der Waals surface area contributed by atoms with Gasteiger partial charge in [0.05, 0.1) is 11.6 Å². The van der Waals surface area contributed by atoms with E-state index in [2.05, 4.69) is 17.0 Å². The number of aliphatic hydroxyl groups excluding tert-OH is 1. The summed E-state index contributed by atoms with van der Waals surface area (Å²) >= 11 is 6.12. The van der Waals surface area contributed by atoms with Gasteiger partial charge in [0, 0.05) is 24.3 Å². The van der Waals surface area contributed by atoms with Crippen molar-refractivity contribution < 1.29 is 10.3 Å². The van der Waals surface area contributed by atoms with E-state index >= 15 is 0 Å². The molecule has 1 aromatic carbocycles. The topological polar surface area (TPSA) is 82.1 Å². The first-order chi connectivity index (χ1) is 9.13. The Bertz CT molecular complexity index is 438. The molecule has 6 heteroatoms. The molecule has 0 aliphatic carbocycles. The maximum atomic E-state index is 9.10. The molecule has 0 radical (unpaired) electrons. The number of rotatable bonds is 7. The number of nitrogens with zero attached hydrogens (tertiary/aromatic N) is 2. The van der Waals surface area contributed by atoms with E-state index in [4.69, 9.17) is 27.6 Å². The summed E-state index contributed by atoms with van der Waals surface area (Å²) in [6, 6.07) is 5.33. The van der Waals surface area contributed by atoms with Gasteiger partial charge in [0.1, 0.15) is 0 Å². The average Bonchev–Trinajstić information content (AvgIpc) is 2.42. The molecule has 5 nitrogen and oxygen atoms in total. The molecular formula is C13H20ClN3O2. The van der Waals surface area contributed by atoms with E-state index in [0.29, 0.717) is 17.1 Å². The van der Waals surface area contributed by atoms with Crippen molar-refractivity contribution >= 4 is 23.1 Å². The van der Waals surface area contributed by atoms with Crippen molar-refractivity contribution in [3.63, 3.8) is 0 Å². The maximum absolute atomic E-state index is 9.10. The van der Waals surface area contributed by atoms with Gasteiger partial charge in [-0.15, -0.1) is 0 Å². The molecule has 0 fully saturated rings. The van der Waals surface area contributed by atoms with Crippen LogP contribution in [-0.2, 0) is 0 Å². The molecule has 0 saturated heterocycles. The summed E-state index contributed by atoms with van der Waals surface area (Å²) in [5, 5.41) is 21.1. The number of aliphatic hydroxyl groups is 1. The van der Waals surface area contributed by atoms with Crippen LogP contribution >= 0.6 is 11.6 Å².